The van der Waals surface area contributed by atoms with Crippen molar-refractivity contribution in [2.24, 2.45) is 19.8 Å². The third kappa shape index (κ3) is 9.94. The largest absolute Gasteiger partial charge is 0.394 e. The normalized spacial score (nSPS) is 17.6. The van der Waals surface area contributed by atoms with Crippen molar-refractivity contribution in [1.82, 2.24) is 40.0 Å². The van der Waals surface area contributed by atoms with Crippen molar-refractivity contribution < 1.29 is 51.3 Å². The fourth-order valence-corrected chi connectivity index (χ4v) is 14.8. The number of fused-ring (bicyclic) bond motifs is 2. The molecule has 2 aromatic carbocycles. The number of benzene rings is 2. The van der Waals surface area contributed by atoms with Crippen molar-refractivity contribution in [3.63, 3.8) is 0 Å². The monoisotopic (exact) mass is 1060 g/mol. The lowest BCUT2D eigenvalue weighted by atomic mass is 10.0. The summed E-state index contributed by atoms with van der Waals surface area (Å²) in [5.41, 5.74) is 10.1. The van der Waals surface area contributed by atoms with E-state index in [9.17, 15) is 51.3 Å². The number of nitrogens with one attached hydrogen (secondary N) is 2. The SMILES string of the molecule is Cn1nc(C(=O)NCc2ccc(C#N)cc2)c2c1C(=O)N(CC1(S(=O)(=O)C(C)(C)[C@H](O)CN)CC1)CC2.Cn1nc(C(=O)NCc2ccc(C#N)cc2)c2c1C(=O)N(CC1(S(=O)(=O)C(C)(C)[C@H](O)CO)CC1)CC2. The topological polar surface area (TPSA) is 337 Å². The van der Waals surface area contributed by atoms with E-state index < -0.39 is 75.2 Å². The number of aliphatic hydroxyl groups excluding tert-OH is 3. The molecule has 74 heavy (non-hydrogen) atoms. The van der Waals surface area contributed by atoms with Crippen LogP contribution in [0.1, 0.15) is 129 Å². The quantitative estimate of drug-likeness (QED) is 0.0793. The summed E-state index contributed by atoms with van der Waals surface area (Å²) in [6.07, 6.45) is -0.430. The second-order valence-electron chi connectivity index (χ2n) is 20.6. The van der Waals surface area contributed by atoms with Crippen molar-refractivity contribution >= 4 is 43.3 Å². The van der Waals surface area contributed by atoms with E-state index in [4.69, 9.17) is 16.3 Å². The van der Waals surface area contributed by atoms with Gasteiger partial charge in [-0.3, -0.25) is 28.5 Å². The third-order valence-electron chi connectivity index (χ3n) is 15.1. The zero-order valence-electron chi connectivity index (χ0n) is 42.3. The molecule has 0 spiro atoms. The number of aryl methyl sites for hydroxylation is 2. The van der Waals surface area contributed by atoms with E-state index in [2.05, 4.69) is 20.8 Å². The number of carbonyl (C=O) groups is 4. The fourth-order valence-electron chi connectivity index (χ4n) is 9.71. The minimum atomic E-state index is -3.90. The van der Waals surface area contributed by atoms with Gasteiger partial charge in [-0.15, -0.1) is 0 Å². The number of nitrogens with zero attached hydrogens (tertiary/aromatic N) is 8. The standard InChI is InChI=1S/C25H32N6O5S.C25H31N5O6S/c1-24(2,19(32)13-27)37(35,36)25(9-10-25)15-31-11-8-18-20(29-30(3)21(18)23(31)34)22(33)28-14-17-6-4-16(12-26)5-7-17;1-24(2,19(32)14-31)37(35,36)25(9-10-25)15-30-11-8-18-20(28-29(3)21(18)23(30)34)22(33)27-13-17-6-4-16(12-26)5-7-17/h4-7,19,32H,8-11,13-15,27H2,1-3H3,(H,28,33);4-7,19,31-32H,8-11,13-15H2,1-3H3,(H,27,33)/t2*19-/m11/s1. The number of amides is 4. The molecule has 4 aromatic rings. The summed E-state index contributed by atoms with van der Waals surface area (Å²) in [6.45, 7) is 5.80. The second kappa shape index (κ2) is 20.6. The summed E-state index contributed by atoms with van der Waals surface area (Å²) in [6, 6.07) is 17.7. The molecule has 4 aliphatic rings. The molecule has 0 saturated heterocycles. The molecule has 4 heterocycles. The predicted molar refractivity (Wildman–Crippen MR) is 268 cm³/mol. The smallest absolute Gasteiger partial charge is 0.272 e. The Morgan fingerprint density at radius 3 is 1.35 bits per heavy atom. The Morgan fingerprint density at radius 1 is 0.689 bits per heavy atom. The van der Waals surface area contributed by atoms with Gasteiger partial charge in [0.1, 0.15) is 11.4 Å². The maximum Gasteiger partial charge on any atom is 0.272 e. The summed E-state index contributed by atoms with van der Waals surface area (Å²) in [5.74, 6) is -1.62. The number of aromatic nitrogens is 4. The third-order valence-corrected chi connectivity index (χ3v) is 21.8. The molecule has 4 amide bonds. The number of hydrogen-bond acceptors (Lipinski definition) is 16. The molecule has 2 aliphatic carbocycles. The highest BCUT2D eigenvalue weighted by Gasteiger charge is 2.64. The van der Waals surface area contributed by atoms with E-state index in [-0.39, 0.29) is 74.5 Å². The first-order valence-corrected chi connectivity index (χ1v) is 27.1. The molecule has 2 aliphatic heterocycles. The Hall–Kier alpha value is -6.54. The van der Waals surface area contributed by atoms with Gasteiger partial charge in [-0.25, -0.2) is 16.8 Å². The van der Waals surface area contributed by atoms with Gasteiger partial charge < -0.3 is 41.5 Å². The van der Waals surface area contributed by atoms with Crippen molar-refractivity contribution in [2.45, 2.75) is 111 Å². The predicted octanol–water partition coefficient (Wildman–Crippen LogP) is 0.565. The van der Waals surface area contributed by atoms with Gasteiger partial charge in [-0.2, -0.15) is 20.7 Å². The van der Waals surface area contributed by atoms with Crippen LogP contribution in [0.4, 0.5) is 0 Å². The minimum absolute atomic E-state index is 0.0136. The van der Waals surface area contributed by atoms with Crippen molar-refractivity contribution in [3.05, 3.63) is 105 Å². The summed E-state index contributed by atoms with van der Waals surface area (Å²) in [7, 11) is -4.57. The molecular formula is C50H63N11O11S2. The highest BCUT2D eigenvalue weighted by Crippen LogP contribution is 2.51. The first-order valence-electron chi connectivity index (χ1n) is 24.2. The fraction of sp³-hybridized carbons (Fsp3) is 0.520. The highest BCUT2D eigenvalue weighted by atomic mass is 32.2. The number of nitrogens with two attached hydrogens (primary N) is 1. The molecule has 2 saturated carbocycles. The van der Waals surface area contributed by atoms with E-state index in [0.717, 1.165) is 11.1 Å². The zero-order valence-corrected chi connectivity index (χ0v) is 43.9. The summed E-state index contributed by atoms with van der Waals surface area (Å²) in [5, 5.41) is 61.8. The second-order valence-corrected chi connectivity index (χ2v) is 26.4. The van der Waals surface area contributed by atoms with Crippen LogP contribution in [0.15, 0.2) is 48.5 Å². The molecule has 2 atom stereocenters. The number of sulfone groups is 2. The maximum absolute atomic E-state index is 13.5. The molecule has 2 fully saturated rings. The average Bonchev–Trinajstić information content (AvgIpc) is 4.30. The Balaban J connectivity index is 0.000000216. The van der Waals surface area contributed by atoms with Gasteiger partial charge in [0.05, 0.1) is 61.1 Å². The molecule has 7 N–H and O–H groups in total. The Morgan fingerprint density at radius 2 is 1.04 bits per heavy atom. The molecule has 396 valence electrons. The van der Waals surface area contributed by atoms with Gasteiger partial charge >= 0.3 is 0 Å². The van der Waals surface area contributed by atoms with E-state index in [1.165, 1.54) is 46.9 Å². The van der Waals surface area contributed by atoms with Gasteiger partial charge in [0.2, 0.25) is 0 Å². The van der Waals surface area contributed by atoms with Gasteiger partial charge in [0.25, 0.3) is 23.6 Å². The van der Waals surface area contributed by atoms with Crippen LogP contribution < -0.4 is 16.4 Å². The first kappa shape index (κ1) is 55.2. The van der Waals surface area contributed by atoms with Gasteiger partial charge in [0, 0.05) is 71.0 Å². The molecule has 8 rings (SSSR count). The van der Waals surface area contributed by atoms with Crippen LogP contribution in [0.5, 0.6) is 0 Å². The molecule has 0 unspecified atom stereocenters. The van der Waals surface area contributed by atoms with Crippen LogP contribution in [0.3, 0.4) is 0 Å². The van der Waals surface area contributed by atoms with Crippen LogP contribution in [0, 0.1) is 22.7 Å². The molecule has 22 nitrogen and oxygen atoms in total. The summed E-state index contributed by atoms with van der Waals surface area (Å²) >= 11 is 0. The van der Waals surface area contributed by atoms with Crippen molar-refractivity contribution in [3.8, 4) is 12.1 Å². The summed E-state index contributed by atoms with van der Waals surface area (Å²) < 4.78 is 51.3. The molecule has 24 heteroatoms. The Kier molecular flexibility index (Phi) is 15.4. The number of rotatable bonds is 18. The molecule has 2 aromatic heterocycles. The van der Waals surface area contributed by atoms with E-state index in [1.807, 2.05) is 12.1 Å². The number of hydrogen-bond donors (Lipinski definition) is 6. The molecule has 0 radical (unpaired) electrons. The van der Waals surface area contributed by atoms with Gasteiger partial charge in [-0.1, -0.05) is 24.3 Å². The van der Waals surface area contributed by atoms with Gasteiger partial charge in [0.15, 0.2) is 31.1 Å². The molecule has 0 bridgehead atoms. The molecular weight excluding hydrogens is 995 g/mol. The minimum Gasteiger partial charge on any atom is -0.394 e. The zero-order chi connectivity index (χ0) is 54.3. The first-order chi connectivity index (χ1) is 34.8. The highest BCUT2D eigenvalue weighted by molar-refractivity contribution is 7.94. The van der Waals surface area contributed by atoms with E-state index >= 15 is 0 Å². The van der Waals surface area contributed by atoms with Crippen LogP contribution in [0.25, 0.3) is 0 Å². The van der Waals surface area contributed by atoms with Crippen molar-refractivity contribution in [2.75, 3.05) is 39.3 Å². The lowest BCUT2D eigenvalue weighted by Crippen LogP contribution is -2.55. The maximum atomic E-state index is 13.5. The Bertz CT molecular complexity index is 2950. The number of nitriles is 2. The van der Waals surface area contributed by atoms with E-state index in [0.29, 0.717) is 60.8 Å². The summed E-state index contributed by atoms with van der Waals surface area (Å²) in [4.78, 5) is 55.6. The number of aliphatic hydroxyl groups is 3. The van der Waals surface area contributed by atoms with Crippen LogP contribution in [-0.2, 0) is 59.7 Å². The lowest BCUT2D eigenvalue weighted by molar-refractivity contribution is 0.0673. The van der Waals surface area contributed by atoms with E-state index in [1.54, 1.807) is 62.6 Å². The van der Waals surface area contributed by atoms with Crippen LogP contribution in [-0.4, -0.2) is 156 Å². The lowest BCUT2D eigenvalue weighted by Gasteiger charge is -2.37. The number of carbonyl (C=O) groups excluding carboxylic acids is 4. The van der Waals surface area contributed by atoms with Crippen LogP contribution in [0.2, 0.25) is 0 Å². The van der Waals surface area contributed by atoms with Crippen molar-refractivity contribution in [1.29, 1.82) is 10.5 Å². The van der Waals surface area contributed by atoms with Gasteiger partial charge in [-0.05, 0) is 102 Å². The Labute approximate surface area is 430 Å². The van der Waals surface area contributed by atoms with Crippen LogP contribution >= 0.6 is 0 Å². The average molecular weight is 1060 g/mol.